The molecule has 0 aromatic carbocycles. The Morgan fingerprint density at radius 3 is 2.56 bits per heavy atom. The van der Waals surface area contributed by atoms with Crippen LogP contribution in [0.2, 0.25) is 10.3 Å². The zero-order valence-electron chi connectivity index (χ0n) is 9.45. The minimum absolute atomic E-state index is 0.136. The van der Waals surface area contributed by atoms with Gasteiger partial charge in [-0.25, -0.2) is 4.98 Å². The molecule has 0 bridgehead atoms. The minimum atomic E-state index is 0.136. The van der Waals surface area contributed by atoms with E-state index in [9.17, 15) is 0 Å². The molecule has 1 aromatic heterocycles. The van der Waals surface area contributed by atoms with Crippen LogP contribution in [0.5, 0.6) is 0 Å². The third-order valence-corrected chi connectivity index (χ3v) is 2.92. The van der Waals surface area contributed by atoms with Gasteiger partial charge in [0.25, 0.3) is 0 Å². The number of rotatable bonds is 5. The second-order valence-electron chi connectivity index (χ2n) is 3.87. The average molecular weight is 263 g/mol. The van der Waals surface area contributed by atoms with Crippen molar-refractivity contribution in [2.45, 2.75) is 26.4 Å². The molecule has 1 aromatic rings. The van der Waals surface area contributed by atoms with E-state index in [1.165, 1.54) is 0 Å². The summed E-state index contributed by atoms with van der Waals surface area (Å²) in [4.78, 5) is 6.11. The summed E-state index contributed by atoms with van der Waals surface area (Å²) >= 11 is 11.7. The molecule has 0 aliphatic heterocycles. The molecule has 0 unspecified atom stereocenters. The number of nitrogens with zero attached hydrogens (tertiary/aromatic N) is 2. The van der Waals surface area contributed by atoms with Crippen LogP contribution < -0.4 is 0 Å². The maximum absolute atomic E-state index is 8.97. The maximum atomic E-state index is 8.97. The molecule has 5 heteroatoms. The normalized spacial score (nSPS) is 11.4. The number of aliphatic hydroxyl groups excluding tert-OH is 1. The van der Waals surface area contributed by atoms with Gasteiger partial charge in [-0.1, -0.05) is 29.3 Å². The molecule has 0 fully saturated rings. The largest absolute Gasteiger partial charge is 0.395 e. The Hall–Kier alpha value is -0.350. The first-order valence-electron chi connectivity index (χ1n) is 5.20. The van der Waals surface area contributed by atoms with Crippen LogP contribution >= 0.6 is 23.2 Å². The van der Waals surface area contributed by atoms with Crippen LogP contribution in [0, 0.1) is 0 Å². The van der Waals surface area contributed by atoms with Gasteiger partial charge in [-0.15, -0.1) is 0 Å². The molecular formula is C11H16Cl2N2O. The first-order valence-corrected chi connectivity index (χ1v) is 5.96. The second kappa shape index (κ2) is 6.40. The van der Waals surface area contributed by atoms with Crippen LogP contribution in [0.15, 0.2) is 12.1 Å². The second-order valence-corrected chi connectivity index (χ2v) is 4.62. The molecule has 16 heavy (non-hydrogen) atoms. The summed E-state index contributed by atoms with van der Waals surface area (Å²) in [5.41, 5.74) is 0.924. The summed E-state index contributed by atoms with van der Waals surface area (Å²) < 4.78 is 0. The highest BCUT2D eigenvalue weighted by atomic mass is 35.5. The van der Waals surface area contributed by atoms with Gasteiger partial charge in [0.2, 0.25) is 0 Å². The molecule has 0 saturated heterocycles. The standard InChI is InChI=1S/C11H16Cl2N2O/c1-8(2)15(5-6-16)7-9-3-4-10(12)14-11(9)13/h3-4,8,16H,5-7H2,1-2H3. The van der Waals surface area contributed by atoms with Crippen molar-refractivity contribution in [3.63, 3.8) is 0 Å². The van der Waals surface area contributed by atoms with Gasteiger partial charge in [0, 0.05) is 24.7 Å². The molecule has 0 saturated carbocycles. The molecule has 0 atom stereocenters. The summed E-state index contributed by atoms with van der Waals surface area (Å²) in [6.45, 7) is 5.58. The highest BCUT2D eigenvalue weighted by Crippen LogP contribution is 2.19. The monoisotopic (exact) mass is 262 g/mol. The van der Waals surface area contributed by atoms with Gasteiger partial charge in [-0.3, -0.25) is 4.90 Å². The van der Waals surface area contributed by atoms with E-state index in [1.807, 2.05) is 6.07 Å². The summed E-state index contributed by atoms with van der Waals surface area (Å²) in [7, 11) is 0. The topological polar surface area (TPSA) is 36.4 Å². The fourth-order valence-electron chi connectivity index (χ4n) is 1.43. The van der Waals surface area contributed by atoms with Crippen LogP contribution in [0.4, 0.5) is 0 Å². The molecule has 90 valence electrons. The van der Waals surface area contributed by atoms with Crippen molar-refractivity contribution in [2.75, 3.05) is 13.2 Å². The summed E-state index contributed by atoms with van der Waals surface area (Å²) in [5, 5.41) is 9.79. The number of hydrogen-bond acceptors (Lipinski definition) is 3. The van der Waals surface area contributed by atoms with Gasteiger partial charge in [-0.05, 0) is 19.9 Å². The third-order valence-electron chi connectivity index (χ3n) is 2.38. The third kappa shape index (κ3) is 3.91. The smallest absolute Gasteiger partial charge is 0.135 e. The number of aromatic nitrogens is 1. The molecular weight excluding hydrogens is 247 g/mol. The molecule has 0 amide bonds. The van der Waals surface area contributed by atoms with E-state index >= 15 is 0 Å². The van der Waals surface area contributed by atoms with Crippen molar-refractivity contribution in [2.24, 2.45) is 0 Å². The zero-order chi connectivity index (χ0) is 12.1. The van der Waals surface area contributed by atoms with E-state index in [2.05, 4.69) is 23.7 Å². The summed E-state index contributed by atoms with van der Waals surface area (Å²) in [6, 6.07) is 3.93. The quantitative estimate of drug-likeness (QED) is 0.829. The van der Waals surface area contributed by atoms with Crippen LogP contribution in [0.1, 0.15) is 19.4 Å². The van der Waals surface area contributed by atoms with Crippen molar-refractivity contribution < 1.29 is 5.11 Å². The zero-order valence-corrected chi connectivity index (χ0v) is 11.0. The van der Waals surface area contributed by atoms with E-state index in [1.54, 1.807) is 6.07 Å². The van der Waals surface area contributed by atoms with Crippen molar-refractivity contribution in [1.82, 2.24) is 9.88 Å². The lowest BCUT2D eigenvalue weighted by atomic mass is 10.2. The van der Waals surface area contributed by atoms with Crippen LogP contribution in [0.25, 0.3) is 0 Å². The molecule has 1 N–H and O–H groups in total. The highest BCUT2D eigenvalue weighted by Gasteiger charge is 2.12. The van der Waals surface area contributed by atoms with Gasteiger partial charge in [-0.2, -0.15) is 0 Å². The fraction of sp³-hybridized carbons (Fsp3) is 0.545. The first-order chi connectivity index (χ1) is 7.54. The molecule has 0 aliphatic rings. The molecule has 0 aliphatic carbocycles. The Kier molecular flexibility index (Phi) is 5.49. The van der Waals surface area contributed by atoms with Gasteiger partial charge in [0.15, 0.2) is 0 Å². The fourth-order valence-corrected chi connectivity index (χ4v) is 1.83. The predicted molar refractivity (Wildman–Crippen MR) is 66.9 cm³/mol. The highest BCUT2D eigenvalue weighted by molar-refractivity contribution is 6.32. The lowest BCUT2D eigenvalue weighted by Gasteiger charge is -2.25. The van der Waals surface area contributed by atoms with Crippen molar-refractivity contribution in [1.29, 1.82) is 0 Å². The average Bonchev–Trinajstić information content (AvgIpc) is 2.20. The predicted octanol–water partition coefficient (Wildman–Crippen LogP) is 2.59. The Morgan fingerprint density at radius 1 is 1.38 bits per heavy atom. The van der Waals surface area contributed by atoms with Crippen molar-refractivity contribution in [3.8, 4) is 0 Å². The Labute approximate surface area is 106 Å². The molecule has 1 heterocycles. The summed E-state index contributed by atoms with van der Waals surface area (Å²) in [5.74, 6) is 0. The van der Waals surface area contributed by atoms with Crippen molar-refractivity contribution in [3.05, 3.63) is 28.0 Å². The van der Waals surface area contributed by atoms with E-state index in [0.29, 0.717) is 29.4 Å². The first kappa shape index (κ1) is 13.7. The Morgan fingerprint density at radius 2 is 2.06 bits per heavy atom. The Balaban J connectivity index is 2.77. The number of pyridine rings is 1. The molecule has 1 rings (SSSR count). The van der Waals surface area contributed by atoms with Gasteiger partial charge < -0.3 is 5.11 Å². The Bertz CT molecular complexity index is 345. The van der Waals surface area contributed by atoms with E-state index in [4.69, 9.17) is 28.3 Å². The lowest BCUT2D eigenvalue weighted by Crippen LogP contribution is -2.33. The van der Waals surface area contributed by atoms with E-state index in [-0.39, 0.29) is 6.61 Å². The number of hydrogen-bond donors (Lipinski definition) is 1. The molecule has 0 spiro atoms. The summed E-state index contributed by atoms with van der Waals surface area (Å²) in [6.07, 6.45) is 0. The van der Waals surface area contributed by atoms with E-state index in [0.717, 1.165) is 5.56 Å². The minimum Gasteiger partial charge on any atom is -0.395 e. The maximum Gasteiger partial charge on any atom is 0.135 e. The van der Waals surface area contributed by atoms with Crippen LogP contribution in [-0.2, 0) is 6.54 Å². The van der Waals surface area contributed by atoms with Crippen molar-refractivity contribution >= 4 is 23.2 Å². The van der Waals surface area contributed by atoms with Gasteiger partial charge in [0.05, 0.1) is 6.61 Å². The molecule has 0 radical (unpaired) electrons. The van der Waals surface area contributed by atoms with E-state index < -0.39 is 0 Å². The molecule has 3 nitrogen and oxygen atoms in total. The number of halogens is 2. The van der Waals surface area contributed by atoms with Gasteiger partial charge >= 0.3 is 0 Å². The van der Waals surface area contributed by atoms with Gasteiger partial charge in [0.1, 0.15) is 10.3 Å². The number of aliphatic hydroxyl groups is 1. The van der Waals surface area contributed by atoms with Crippen LogP contribution in [-0.4, -0.2) is 34.2 Å². The van der Waals surface area contributed by atoms with Crippen LogP contribution in [0.3, 0.4) is 0 Å². The SMILES string of the molecule is CC(C)N(CCO)Cc1ccc(Cl)nc1Cl. The lowest BCUT2D eigenvalue weighted by molar-refractivity contribution is 0.159.